The van der Waals surface area contributed by atoms with Gasteiger partial charge in [0.25, 0.3) is 0 Å². The van der Waals surface area contributed by atoms with Gasteiger partial charge in [-0.1, -0.05) is 25.7 Å². The van der Waals surface area contributed by atoms with Crippen LogP contribution in [0.15, 0.2) is 12.7 Å². The highest BCUT2D eigenvalue weighted by atomic mass is 28.3. The standard InChI is InChI=1S/C9H16OSi/c1-5-9(8-10)6-7-11(2,3)4/h5,9-10H,1,8H2,2-4H3. The normalized spacial score (nSPS) is 13.1. The van der Waals surface area contributed by atoms with Crippen molar-refractivity contribution >= 4 is 8.07 Å². The van der Waals surface area contributed by atoms with Crippen LogP contribution in [-0.2, 0) is 0 Å². The topological polar surface area (TPSA) is 20.2 Å². The van der Waals surface area contributed by atoms with E-state index in [1.165, 1.54) is 0 Å². The average Bonchev–Trinajstić information content (AvgIpc) is 1.88. The molecule has 0 spiro atoms. The summed E-state index contributed by atoms with van der Waals surface area (Å²) in [6, 6.07) is 0. The fourth-order valence-corrected chi connectivity index (χ4v) is 1.11. The lowest BCUT2D eigenvalue weighted by molar-refractivity contribution is 0.278. The number of hydrogen-bond acceptors (Lipinski definition) is 1. The Morgan fingerprint density at radius 2 is 2.09 bits per heavy atom. The Kier molecular flexibility index (Phi) is 4.17. The molecule has 0 saturated heterocycles. The lowest BCUT2D eigenvalue weighted by Gasteiger charge is -2.05. The smallest absolute Gasteiger partial charge is 0.129 e. The third-order valence-electron chi connectivity index (χ3n) is 1.11. The van der Waals surface area contributed by atoms with Crippen molar-refractivity contribution in [2.45, 2.75) is 19.6 Å². The van der Waals surface area contributed by atoms with Crippen molar-refractivity contribution in [1.82, 2.24) is 0 Å². The van der Waals surface area contributed by atoms with Crippen molar-refractivity contribution in [3.63, 3.8) is 0 Å². The van der Waals surface area contributed by atoms with Crippen LogP contribution in [-0.4, -0.2) is 19.8 Å². The number of hydrogen-bond donors (Lipinski definition) is 1. The molecule has 0 fully saturated rings. The van der Waals surface area contributed by atoms with Crippen molar-refractivity contribution in [3.8, 4) is 11.5 Å². The van der Waals surface area contributed by atoms with E-state index in [2.05, 4.69) is 37.7 Å². The molecule has 0 aromatic heterocycles. The quantitative estimate of drug-likeness (QED) is 0.378. The molecule has 0 aromatic carbocycles. The van der Waals surface area contributed by atoms with Crippen LogP contribution in [0.5, 0.6) is 0 Å². The second-order valence-corrected chi connectivity index (χ2v) is 8.29. The SMILES string of the molecule is C=CC(C#C[Si](C)(C)C)CO. The molecule has 0 aliphatic heterocycles. The van der Waals surface area contributed by atoms with E-state index in [0.717, 1.165) is 0 Å². The summed E-state index contributed by atoms with van der Waals surface area (Å²) in [7, 11) is -1.27. The van der Waals surface area contributed by atoms with Gasteiger partial charge in [0.2, 0.25) is 0 Å². The molecule has 1 unspecified atom stereocenters. The Labute approximate surface area is 70.1 Å². The lowest BCUT2D eigenvalue weighted by atomic mass is 10.2. The zero-order chi connectivity index (χ0) is 8.91. The molecule has 0 radical (unpaired) electrons. The maximum Gasteiger partial charge on any atom is 0.129 e. The predicted octanol–water partition coefficient (Wildman–Crippen LogP) is 1.66. The van der Waals surface area contributed by atoms with Gasteiger partial charge >= 0.3 is 0 Å². The van der Waals surface area contributed by atoms with Crippen LogP contribution in [0, 0.1) is 17.4 Å². The van der Waals surface area contributed by atoms with Crippen LogP contribution in [0.4, 0.5) is 0 Å². The van der Waals surface area contributed by atoms with Gasteiger partial charge in [-0.05, 0) is 0 Å². The second-order valence-electron chi connectivity index (χ2n) is 3.54. The van der Waals surface area contributed by atoms with Gasteiger partial charge in [-0.2, -0.15) is 0 Å². The fraction of sp³-hybridized carbons (Fsp3) is 0.556. The van der Waals surface area contributed by atoms with Crippen LogP contribution in [0.1, 0.15) is 0 Å². The molecule has 0 aromatic rings. The zero-order valence-electron chi connectivity index (χ0n) is 7.52. The van der Waals surface area contributed by atoms with Crippen LogP contribution in [0.2, 0.25) is 19.6 Å². The Balaban J connectivity index is 4.14. The van der Waals surface area contributed by atoms with E-state index in [4.69, 9.17) is 5.11 Å². The van der Waals surface area contributed by atoms with Crippen LogP contribution < -0.4 is 0 Å². The summed E-state index contributed by atoms with van der Waals surface area (Å²) in [4.78, 5) is 0. The maximum atomic E-state index is 8.76. The highest BCUT2D eigenvalue weighted by Gasteiger charge is 2.08. The Morgan fingerprint density at radius 1 is 1.55 bits per heavy atom. The molecule has 62 valence electrons. The summed E-state index contributed by atoms with van der Waals surface area (Å²) in [5, 5.41) is 8.76. The summed E-state index contributed by atoms with van der Waals surface area (Å²) < 4.78 is 0. The van der Waals surface area contributed by atoms with Gasteiger partial charge in [-0.15, -0.1) is 18.0 Å². The molecular formula is C9H16OSi. The van der Waals surface area contributed by atoms with Gasteiger partial charge < -0.3 is 5.11 Å². The van der Waals surface area contributed by atoms with Crippen LogP contribution >= 0.6 is 0 Å². The van der Waals surface area contributed by atoms with E-state index in [1.807, 2.05) is 0 Å². The average molecular weight is 168 g/mol. The summed E-state index contributed by atoms with van der Waals surface area (Å²) in [5.41, 5.74) is 3.18. The van der Waals surface area contributed by atoms with Gasteiger partial charge in [-0.3, -0.25) is 0 Å². The van der Waals surface area contributed by atoms with Gasteiger partial charge in [0.1, 0.15) is 8.07 Å². The number of rotatable bonds is 2. The molecule has 0 rings (SSSR count). The van der Waals surface area contributed by atoms with E-state index in [1.54, 1.807) is 6.08 Å². The van der Waals surface area contributed by atoms with Crippen LogP contribution in [0.3, 0.4) is 0 Å². The molecule has 0 aliphatic rings. The first-order valence-electron chi connectivity index (χ1n) is 3.75. The second kappa shape index (κ2) is 4.37. The predicted molar refractivity (Wildman–Crippen MR) is 51.9 cm³/mol. The highest BCUT2D eigenvalue weighted by Crippen LogP contribution is 1.99. The fourth-order valence-electron chi connectivity index (χ4n) is 0.488. The maximum absolute atomic E-state index is 8.76. The monoisotopic (exact) mass is 168 g/mol. The van der Waals surface area contributed by atoms with Crippen molar-refractivity contribution in [2.75, 3.05) is 6.61 Å². The molecule has 2 heteroatoms. The summed E-state index contributed by atoms with van der Waals surface area (Å²) in [5.74, 6) is 2.96. The Morgan fingerprint density at radius 3 is 2.36 bits per heavy atom. The lowest BCUT2D eigenvalue weighted by Crippen LogP contribution is -2.17. The van der Waals surface area contributed by atoms with E-state index in [-0.39, 0.29) is 12.5 Å². The molecular weight excluding hydrogens is 152 g/mol. The van der Waals surface area contributed by atoms with Crippen molar-refractivity contribution in [2.24, 2.45) is 5.92 Å². The third-order valence-corrected chi connectivity index (χ3v) is 2.01. The van der Waals surface area contributed by atoms with E-state index >= 15 is 0 Å². The summed E-state index contributed by atoms with van der Waals surface area (Å²) in [6.07, 6.45) is 1.69. The van der Waals surface area contributed by atoms with Crippen molar-refractivity contribution < 1.29 is 5.11 Å². The molecule has 0 aliphatic carbocycles. The molecule has 1 nitrogen and oxygen atoms in total. The third kappa shape index (κ3) is 5.90. The summed E-state index contributed by atoms with van der Waals surface area (Å²) >= 11 is 0. The molecule has 0 amide bonds. The van der Waals surface area contributed by atoms with E-state index in [0.29, 0.717) is 0 Å². The minimum atomic E-state index is -1.27. The molecule has 0 heterocycles. The first-order chi connectivity index (χ1) is 4.99. The number of aliphatic hydroxyl groups is 1. The molecule has 1 N–H and O–H groups in total. The molecule has 0 saturated carbocycles. The number of aliphatic hydroxyl groups excluding tert-OH is 1. The van der Waals surface area contributed by atoms with Gasteiger partial charge in [-0.25, -0.2) is 0 Å². The van der Waals surface area contributed by atoms with Crippen molar-refractivity contribution in [1.29, 1.82) is 0 Å². The molecule has 11 heavy (non-hydrogen) atoms. The van der Waals surface area contributed by atoms with E-state index in [9.17, 15) is 0 Å². The first-order valence-corrected chi connectivity index (χ1v) is 7.25. The van der Waals surface area contributed by atoms with E-state index < -0.39 is 8.07 Å². The molecule has 1 atom stereocenters. The van der Waals surface area contributed by atoms with Gasteiger partial charge in [0.05, 0.1) is 12.5 Å². The molecule has 0 bridgehead atoms. The van der Waals surface area contributed by atoms with Crippen LogP contribution in [0.25, 0.3) is 0 Å². The Bertz CT molecular complexity index is 180. The highest BCUT2D eigenvalue weighted by molar-refractivity contribution is 6.83. The minimum absolute atomic E-state index is 0.0401. The Hall–Kier alpha value is -0.523. The largest absolute Gasteiger partial charge is 0.395 e. The van der Waals surface area contributed by atoms with Gasteiger partial charge in [0, 0.05) is 0 Å². The summed E-state index contributed by atoms with van der Waals surface area (Å²) in [6.45, 7) is 10.2. The first kappa shape index (κ1) is 10.5. The zero-order valence-corrected chi connectivity index (χ0v) is 8.52. The van der Waals surface area contributed by atoms with Crippen molar-refractivity contribution in [3.05, 3.63) is 12.7 Å². The minimum Gasteiger partial charge on any atom is -0.395 e. The van der Waals surface area contributed by atoms with Gasteiger partial charge in [0.15, 0.2) is 0 Å².